The number of aromatic nitrogens is 1. The number of carbonyl (C=O) groups is 2. The molecule has 1 amide bonds. The zero-order chi connectivity index (χ0) is 13.8. The maximum Gasteiger partial charge on any atom is 0.310 e. The number of methoxy groups -OCH3 is 1. The number of carbonyl (C=O) groups excluding carboxylic acids is 2. The van der Waals surface area contributed by atoms with E-state index in [1.54, 1.807) is 16.2 Å². The number of hydrogen-bond donors (Lipinski definition) is 0. The third kappa shape index (κ3) is 3.53. The fourth-order valence-electron chi connectivity index (χ4n) is 2.32. The van der Waals surface area contributed by atoms with Crippen LogP contribution in [0.4, 0.5) is 0 Å². The van der Waals surface area contributed by atoms with Gasteiger partial charge in [0.1, 0.15) is 0 Å². The molecule has 6 heteroatoms. The van der Waals surface area contributed by atoms with Crippen LogP contribution in [-0.4, -0.2) is 42.0 Å². The molecule has 0 spiro atoms. The van der Waals surface area contributed by atoms with Crippen LogP contribution < -0.4 is 0 Å². The van der Waals surface area contributed by atoms with Crippen molar-refractivity contribution in [3.8, 4) is 0 Å². The van der Waals surface area contributed by atoms with Gasteiger partial charge in [-0.15, -0.1) is 11.3 Å². The summed E-state index contributed by atoms with van der Waals surface area (Å²) in [5.41, 5.74) is 0.813. The van der Waals surface area contributed by atoms with Gasteiger partial charge >= 0.3 is 5.97 Å². The van der Waals surface area contributed by atoms with Crippen molar-refractivity contribution in [1.82, 2.24) is 9.88 Å². The first kappa shape index (κ1) is 14.0. The van der Waals surface area contributed by atoms with Crippen LogP contribution in [0, 0.1) is 12.8 Å². The summed E-state index contributed by atoms with van der Waals surface area (Å²) in [7, 11) is 1.39. The first-order valence-corrected chi connectivity index (χ1v) is 7.24. The molecule has 1 unspecified atom stereocenters. The van der Waals surface area contributed by atoms with Gasteiger partial charge in [0.25, 0.3) is 0 Å². The van der Waals surface area contributed by atoms with Crippen molar-refractivity contribution in [2.24, 2.45) is 5.92 Å². The summed E-state index contributed by atoms with van der Waals surface area (Å²) in [5, 5.41) is 2.88. The minimum atomic E-state index is -0.220. The van der Waals surface area contributed by atoms with E-state index in [2.05, 4.69) is 4.98 Å². The molecular weight excluding hydrogens is 264 g/mol. The highest BCUT2D eigenvalue weighted by Gasteiger charge is 2.29. The number of ether oxygens (including phenoxy) is 1. The molecule has 0 saturated carbocycles. The number of thiazole rings is 1. The fraction of sp³-hybridized carbons (Fsp3) is 0.615. The van der Waals surface area contributed by atoms with Crippen LogP contribution in [0.25, 0.3) is 0 Å². The van der Waals surface area contributed by atoms with E-state index in [-0.39, 0.29) is 17.8 Å². The number of esters is 1. The molecule has 1 aliphatic rings. The Morgan fingerprint density at radius 3 is 3.00 bits per heavy atom. The monoisotopic (exact) mass is 282 g/mol. The summed E-state index contributed by atoms with van der Waals surface area (Å²) in [4.78, 5) is 29.7. The van der Waals surface area contributed by atoms with Gasteiger partial charge < -0.3 is 9.64 Å². The molecule has 2 rings (SSSR count). The molecule has 1 aliphatic heterocycles. The van der Waals surface area contributed by atoms with E-state index in [0.717, 1.165) is 30.1 Å². The lowest BCUT2D eigenvalue weighted by atomic mass is 9.98. The molecule has 0 radical (unpaired) electrons. The summed E-state index contributed by atoms with van der Waals surface area (Å²) in [5.74, 6) is -0.360. The van der Waals surface area contributed by atoms with Gasteiger partial charge in [0.15, 0.2) is 0 Å². The average molecular weight is 282 g/mol. The van der Waals surface area contributed by atoms with E-state index in [0.29, 0.717) is 13.0 Å². The Labute approximate surface area is 116 Å². The maximum absolute atomic E-state index is 12.2. The second kappa shape index (κ2) is 6.14. The highest BCUT2D eigenvalue weighted by molar-refractivity contribution is 7.09. The second-order valence-electron chi connectivity index (χ2n) is 4.74. The summed E-state index contributed by atoms with van der Waals surface area (Å²) >= 11 is 1.55. The molecule has 1 fully saturated rings. The standard InChI is InChI=1S/C13H18N2O3S/c1-9-14-11(8-19-9)6-12(16)15-5-3-4-10(7-15)13(17)18-2/h8,10H,3-7H2,1-2H3. The third-order valence-corrected chi connectivity index (χ3v) is 4.13. The Kier molecular flexibility index (Phi) is 4.52. The minimum Gasteiger partial charge on any atom is -0.469 e. The van der Waals surface area contributed by atoms with Gasteiger partial charge in [-0.3, -0.25) is 9.59 Å². The van der Waals surface area contributed by atoms with E-state index < -0.39 is 0 Å². The van der Waals surface area contributed by atoms with E-state index >= 15 is 0 Å². The molecule has 1 saturated heterocycles. The van der Waals surface area contributed by atoms with Crippen LogP contribution in [0.15, 0.2) is 5.38 Å². The van der Waals surface area contributed by atoms with Crippen molar-refractivity contribution >= 4 is 23.2 Å². The van der Waals surface area contributed by atoms with Gasteiger partial charge in [0.05, 0.1) is 30.2 Å². The number of aryl methyl sites for hydroxylation is 1. The Morgan fingerprint density at radius 1 is 1.58 bits per heavy atom. The molecule has 0 N–H and O–H groups in total. The Morgan fingerprint density at radius 2 is 2.37 bits per heavy atom. The highest BCUT2D eigenvalue weighted by Crippen LogP contribution is 2.19. The van der Waals surface area contributed by atoms with Gasteiger partial charge in [-0.1, -0.05) is 0 Å². The molecule has 1 atom stereocenters. The topological polar surface area (TPSA) is 59.5 Å². The first-order valence-electron chi connectivity index (χ1n) is 6.36. The Bertz CT molecular complexity index is 472. The van der Waals surface area contributed by atoms with Crippen molar-refractivity contribution in [2.75, 3.05) is 20.2 Å². The van der Waals surface area contributed by atoms with Crippen molar-refractivity contribution in [3.63, 3.8) is 0 Å². The highest BCUT2D eigenvalue weighted by atomic mass is 32.1. The number of rotatable bonds is 3. The number of nitrogens with zero attached hydrogens (tertiary/aromatic N) is 2. The summed E-state index contributed by atoms with van der Waals surface area (Å²) in [6.07, 6.45) is 1.96. The Balaban J connectivity index is 1.93. The molecule has 1 aromatic heterocycles. The van der Waals surface area contributed by atoms with E-state index in [4.69, 9.17) is 4.74 Å². The first-order chi connectivity index (χ1) is 9.10. The molecule has 2 heterocycles. The molecule has 0 bridgehead atoms. The Hall–Kier alpha value is -1.43. The lowest BCUT2D eigenvalue weighted by molar-refractivity contribution is -0.148. The average Bonchev–Trinajstić information content (AvgIpc) is 2.83. The fourth-order valence-corrected chi connectivity index (χ4v) is 2.93. The predicted octanol–water partition coefficient (Wildman–Crippen LogP) is 1.41. The van der Waals surface area contributed by atoms with Crippen LogP contribution in [0.2, 0.25) is 0 Å². The van der Waals surface area contributed by atoms with Gasteiger partial charge in [0, 0.05) is 18.5 Å². The lowest BCUT2D eigenvalue weighted by Gasteiger charge is -2.31. The number of amides is 1. The quantitative estimate of drug-likeness (QED) is 0.786. The molecule has 104 valence electrons. The van der Waals surface area contributed by atoms with Gasteiger partial charge in [-0.25, -0.2) is 4.98 Å². The smallest absolute Gasteiger partial charge is 0.310 e. The summed E-state index contributed by atoms with van der Waals surface area (Å²) in [6.45, 7) is 3.11. The molecule has 5 nitrogen and oxygen atoms in total. The molecule has 0 aromatic carbocycles. The van der Waals surface area contributed by atoms with Crippen LogP contribution >= 0.6 is 11.3 Å². The summed E-state index contributed by atoms with van der Waals surface area (Å²) < 4.78 is 4.75. The number of piperidine rings is 1. The van der Waals surface area contributed by atoms with Crippen molar-refractivity contribution in [3.05, 3.63) is 16.1 Å². The summed E-state index contributed by atoms with van der Waals surface area (Å²) in [6, 6.07) is 0. The molecule has 19 heavy (non-hydrogen) atoms. The van der Waals surface area contributed by atoms with Crippen LogP contribution in [0.3, 0.4) is 0 Å². The maximum atomic E-state index is 12.2. The largest absolute Gasteiger partial charge is 0.469 e. The van der Waals surface area contributed by atoms with Crippen molar-refractivity contribution < 1.29 is 14.3 Å². The van der Waals surface area contributed by atoms with E-state index in [1.165, 1.54) is 7.11 Å². The van der Waals surface area contributed by atoms with E-state index in [9.17, 15) is 9.59 Å². The normalized spacial score (nSPS) is 19.3. The van der Waals surface area contributed by atoms with Gasteiger partial charge in [0.2, 0.25) is 5.91 Å². The zero-order valence-corrected chi connectivity index (χ0v) is 12.0. The van der Waals surface area contributed by atoms with Gasteiger partial charge in [-0.05, 0) is 19.8 Å². The van der Waals surface area contributed by atoms with Crippen LogP contribution in [0.1, 0.15) is 23.5 Å². The molecule has 1 aromatic rings. The number of hydrogen-bond acceptors (Lipinski definition) is 5. The van der Waals surface area contributed by atoms with Crippen molar-refractivity contribution in [2.45, 2.75) is 26.2 Å². The SMILES string of the molecule is COC(=O)C1CCCN(C(=O)Cc2csc(C)n2)C1. The van der Waals surface area contributed by atoms with Crippen molar-refractivity contribution in [1.29, 1.82) is 0 Å². The van der Waals surface area contributed by atoms with E-state index in [1.807, 2.05) is 12.3 Å². The van der Waals surface area contributed by atoms with Gasteiger partial charge in [-0.2, -0.15) is 0 Å². The lowest BCUT2D eigenvalue weighted by Crippen LogP contribution is -2.43. The molecule has 0 aliphatic carbocycles. The van der Waals surface area contributed by atoms with Crippen LogP contribution in [0.5, 0.6) is 0 Å². The second-order valence-corrected chi connectivity index (χ2v) is 5.80. The number of likely N-dealkylation sites (tertiary alicyclic amines) is 1. The molecular formula is C13H18N2O3S. The zero-order valence-electron chi connectivity index (χ0n) is 11.2. The minimum absolute atomic E-state index is 0.0407. The van der Waals surface area contributed by atoms with Crippen LogP contribution in [-0.2, 0) is 20.7 Å². The third-order valence-electron chi connectivity index (χ3n) is 3.31. The predicted molar refractivity (Wildman–Crippen MR) is 71.9 cm³/mol.